The van der Waals surface area contributed by atoms with E-state index in [1.54, 1.807) is 0 Å². The van der Waals surface area contributed by atoms with Crippen LogP contribution < -0.4 is 4.72 Å². The molecule has 0 radical (unpaired) electrons. The Bertz CT molecular complexity index is 554. The summed E-state index contributed by atoms with van der Waals surface area (Å²) in [4.78, 5) is 14.6. The zero-order valence-corrected chi connectivity index (χ0v) is 12.4. The Labute approximate surface area is 118 Å². The maximum absolute atomic E-state index is 12.2. The predicted octanol–water partition coefficient (Wildman–Crippen LogP) is 1.56. The second-order valence-corrected chi connectivity index (χ2v) is 5.89. The van der Waals surface area contributed by atoms with Crippen molar-refractivity contribution < 1.29 is 18.3 Å². The first kappa shape index (κ1) is 16.4. The van der Waals surface area contributed by atoms with E-state index in [1.807, 2.05) is 13.8 Å². The Balaban J connectivity index is 2.94. The van der Waals surface area contributed by atoms with Crippen molar-refractivity contribution in [1.82, 2.24) is 9.29 Å². The lowest BCUT2D eigenvalue weighted by Crippen LogP contribution is -2.37. The molecule has 0 saturated carbocycles. The average molecular weight is 301 g/mol. The van der Waals surface area contributed by atoms with E-state index < -0.39 is 16.2 Å². The molecule has 0 aromatic carbocycles. The van der Waals surface area contributed by atoms with E-state index in [0.717, 1.165) is 0 Å². The molecule has 112 valence electrons. The summed E-state index contributed by atoms with van der Waals surface area (Å²) in [6, 6.07) is 4.16. The third-order valence-corrected chi connectivity index (χ3v) is 4.00. The number of rotatable bonds is 8. The van der Waals surface area contributed by atoms with Gasteiger partial charge in [0, 0.05) is 13.1 Å². The highest BCUT2D eigenvalue weighted by atomic mass is 32.2. The Morgan fingerprint density at radius 3 is 2.40 bits per heavy atom. The molecule has 0 atom stereocenters. The SMILES string of the molecule is CCCN(CCC)S(=O)(=O)Nc1cccc(C(=O)O)n1. The molecule has 0 aliphatic carbocycles. The molecule has 0 bridgehead atoms. The molecule has 1 aromatic heterocycles. The van der Waals surface area contributed by atoms with Gasteiger partial charge in [-0.15, -0.1) is 0 Å². The highest BCUT2D eigenvalue weighted by molar-refractivity contribution is 7.90. The van der Waals surface area contributed by atoms with Crippen molar-refractivity contribution in [3.63, 3.8) is 0 Å². The van der Waals surface area contributed by atoms with Gasteiger partial charge in [0.05, 0.1) is 0 Å². The van der Waals surface area contributed by atoms with Crippen LogP contribution in [-0.2, 0) is 10.2 Å². The van der Waals surface area contributed by atoms with E-state index in [0.29, 0.717) is 25.9 Å². The van der Waals surface area contributed by atoms with Crippen molar-refractivity contribution in [2.45, 2.75) is 26.7 Å². The highest BCUT2D eigenvalue weighted by Gasteiger charge is 2.21. The summed E-state index contributed by atoms with van der Waals surface area (Å²) >= 11 is 0. The van der Waals surface area contributed by atoms with Gasteiger partial charge in [0.25, 0.3) is 0 Å². The van der Waals surface area contributed by atoms with Crippen molar-refractivity contribution in [3.05, 3.63) is 23.9 Å². The minimum absolute atomic E-state index is 0.00195. The number of carboxylic acids is 1. The fourth-order valence-electron chi connectivity index (χ4n) is 1.66. The molecule has 0 aliphatic rings. The summed E-state index contributed by atoms with van der Waals surface area (Å²) < 4.78 is 28.0. The smallest absolute Gasteiger partial charge is 0.354 e. The van der Waals surface area contributed by atoms with Gasteiger partial charge < -0.3 is 5.11 Å². The molecule has 0 fully saturated rings. The Morgan fingerprint density at radius 2 is 1.90 bits per heavy atom. The van der Waals surface area contributed by atoms with Crippen LogP contribution in [-0.4, -0.2) is 41.9 Å². The normalized spacial score (nSPS) is 11.6. The van der Waals surface area contributed by atoms with Gasteiger partial charge in [-0.2, -0.15) is 12.7 Å². The van der Waals surface area contributed by atoms with Gasteiger partial charge in [0.1, 0.15) is 5.82 Å². The number of hydrogen-bond donors (Lipinski definition) is 2. The molecule has 0 amide bonds. The zero-order valence-electron chi connectivity index (χ0n) is 11.5. The molecule has 1 heterocycles. The monoisotopic (exact) mass is 301 g/mol. The van der Waals surface area contributed by atoms with Crippen LogP contribution in [0, 0.1) is 0 Å². The first-order valence-corrected chi connectivity index (χ1v) is 7.83. The summed E-state index contributed by atoms with van der Waals surface area (Å²) in [6.07, 6.45) is 1.40. The summed E-state index contributed by atoms with van der Waals surface area (Å²) in [5, 5.41) is 8.84. The molecule has 0 unspecified atom stereocenters. The van der Waals surface area contributed by atoms with Crippen LogP contribution in [0.15, 0.2) is 18.2 Å². The maximum atomic E-state index is 12.2. The molecule has 20 heavy (non-hydrogen) atoms. The van der Waals surface area contributed by atoms with Crippen molar-refractivity contribution in [2.24, 2.45) is 0 Å². The van der Waals surface area contributed by atoms with Gasteiger partial charge in [-0.05, 0) is 25.0 Å². The molecule has 0 spiro atoms. The zero-order chi connectivity index (χ0) is 15.2. The third-order valence-electron chi connectivity index (χ3n) is 2.49. The highest BCUT2D eigenvalue weighted by Crippen LogP contribution is 2.11. The molecular weight excluding hydrogens is 282 g/mol. The summed E-state index contributed by atoms with van der Waals surface area (Å²) in [6.45, 7) is 4.59. The standard InChI is InChI=1S/C12H19N3O4S/c1-3-8-15(9-4-2)20(18,19)14-11-7-5-6-10(13-11)12(16)17/h5-7H,3-4,8-9H2,1-2H3,(H,13,14)(H,16,17). The lowest BCUT2D eigenvalue weighted by Gasteiger charge is -2.21. The molecule has 1 rings (SSSR count). The maximum Gasteiger partial charge on any atom is 0.354 e. The van der Waals surface area contributed by atoms with E-state index in [9.17, 15) is 13.2 Å². The summed E-state index contributed by atoms with van der Waals surface area (Å²) in [7, 11) is -3.71. The van der Waals surface area contributed by atoms with Crippen LogP contribution >= 0.6 is 0 Å². The number of hydrogen-bond acceptors (Lipinski definition) is 4. The average Bonchev–Trinajstić information content (AvgIpc) is 2.38. The predicted molar refractivity (Wildman–Crippen MR) is 75.9 cm³/mol. The minimum atomic E-state index is -3.71. The van der Waals surface area contributed by atoms with Crippen molar-refractivity contribution >= 4 is 22.0 Å². The number of aromatic nitrogens is 1. The van der Waals surface area contributed by atoms with Crippen LogP contribution in [0.25, 0.3) is 0 Å². The lowest BCUT2D eigenvalue weighted by atomic mass is 10.3. The minimum Gasteiger partial charge on any atom is -0.477 e. The third kappa shape index (κ3) is 4.46. The fraction of sp³-hybridized carbons (Fsp3) is 0.500. The Hall–Kier alpha value is -1.67. The molecule has 0 saturated heterocycles. The van der Waals surface area contributed by atoms with E-state index in [-0.39, 0.29) is 11.5 Å². The van der Waals surface area contributed by atoms with Crippen molar-refractivity contribution in [2.75, 3.05) is 17.8 Å². The number of anilines is 1. The largest absolute Gasteiger partial charge is 0.477 e. The molecule has 0 aliphatic heterocycles. The Morgan fingerprint density at radius 1 is 1.30 bits per heavy atom. The topological polar surface area (TPSA) is 99.6 Å². The van der Waals surface area contributed by atoms with Crippen LogP contribution in [0.2, 0.25) is 0 Å². The molecule has 7 nitrogen and oxygen atoms in total. The van der Waals surface area contributed by atoms with Gasteiger partial charge in [0.15, 0.2) is 5.69 Å². The number of pyridine rings is 1. The van der Waals surface area contributed by atoms with Crippen molar-refractivity contribution in [3.8, 4) is 0 Å². The lowest BCUT2D eigenvalue weighted by molar-refractivity contribution is 0.0690. The quantitative estimate of drug-likeness (QED) is 0.759. The molecular formula is C12H19N3O4S. The number of carbonyl (C=O) groups is 1. The van der Waals surface area contributed by atoms with Crippen LogP contribution in [0.1, 0.15) is 37.2 Å². The van der Waals surface area contributed by atoms with Crippen LogP contribution in [0.5, 0.6) is 0 Å². The van der Waals surface area contributed by atoms with Gasteiger partial charge in [-0.1, -0.05) is 19.9 Å². The van der Waals surface area contributed by atoms with Gasteiger partial charge in [-0.25, -0.2) is 9.78 Å². The number of aromatic carboxylic acids is 1. The first-order chi connectivity index (χ1) is 9.40. The number of nitrogens with one attached hydrogen (secondary N) is 1. The summed E-state index contributed by atoms with van der Waals surface area (Å²) in [5.74, 6) is -1.20. The molecule has 2 N–H and O–H groups in total. The number of carboxylic acid groups (broad SMARTS) is 1. The Kier molecular flexibility index (Phi) is 5.90. The van der Waals surface area contributed by atoms with Gasteiger partial charge in [-0.3, -0.25) is 4.72 Å². The van der Waals surface area contributed by atoms with E-state index in [1.165, 1.54) is 22.5 Å². The van der Waals surface area contributed by atoms with E-state index >= 15 is 0 Å². The van der Waals surface area contributed by atoms with Crippen molar-refractivity contribution in [1.29, 1.82) is 0 Å². The number of nitrogens with zero attached hydrogens (tertiary/aromatic N) is 2. The van der Waals surface area contributed by atoms with Crippen LogP contribution in [0.3, 0.4) is 0 Å². The first-order valence-electron chi connectivity index (χ1n) is 6.39. The van der Waals surface area contributed by atoms with Crippen LogP contribution in [0.4, 0.5) is 5.82 Å². The second kappa shape index (κ2) is 7.20. The van der Waals surface area contributed by atoms with Gasteiger partial charge >= 0.3 is 16.2 Å². The van der Waals surface area contributed by atoms with E-state index in [2.05, 4.69) is 9.71 Å². The fourth-order valence-corrected chi connectivity index (χ4v) is 3.01. The van der Waals surface area contributed by atoms with Gasteiger partial charge in [0.2, 0.25) is 0 Å². The van der Waals surface area contributed by atoms with E-state index in [4.69, 9.17) is 5.11 Å². The summed E-state index contributed by atoms with van der Waals surface area (Å²) in [5.41, 5.74) is -0.206. The molecule has 8 heteroatoms. The second-order valence-electron chi connectivity index (χ2n) is 4.22. The molecule has 1 aromatic rings.